The summed E-state index contributed by atoms with van der Waals surface area (Å²) >= 11 is 0. The topological polar surface area (TPSA) is 26.3 Å². The number of carbonyl (C=O) groups is 1. The van der Waals surface area contributed by atoms with Crippen molar-refractivity contribution in [2.75, 3.05) is 0 Å². The van der Waals surface area contributed by atoms with E-state index in [1.807, 2.05) is 13.0 Å². The molecule has 0 amide bonds. The fourth-order valence-electron chi connectivity index (χ4n) is 0.813. The predicted octanol–water partition coefficient (Wildman–Crippen LogP) is 1.27. The van der Waals surface area contributed by atoms with Crippen LogP contribution in [-0.2, 0) is 9.53 Å². The molecule has 1 heterocycles. The number of esters is 1. The summed E-state index contributed by atoms with van der Waals surface area (Å²) in [6.45, 7) is 3.77. The fourth-order valence-corrected chi connectivity index (χ4v) is 0.813. The van der Waals surface area contributed by atoms with Crippen LogP contribution in [0.4, 0.5) is 0 Å². The quantitative estimate of drug-likeness (QED) is 0.494. The summed E-state index contributed by atoms with van der Waals surface area (Å²) in [5, 5.41) is 0. The van der Waals surface area contributed by atoms with Gasteiger partial charge in [0.2, 0.25) is 0 Å². The summed E-state index contributed by atoms with van der Waals surface area (Å²) < 4.78 is 4.89. The molecular formula is C7H10O2. The van der Waals surface area contributed by atoms with Gasteiger partial charge in [0.1, 0.15) is 6.10 Å². The average molecular weight is 126 g/mol. The molecule has 1 atom stereocenters. The van der Waals surface area contributed by atoms with Crippen LogP contribution < -0.4 is 0 Å². The summed E-state index contributed by atoms with van der Waals surface area (Å²) in [6.07, 6.45) is 2.78. The number of carbonyl (C=O) groups excluding carboxylic acids is 1. The lowest BCUT2D eigenvalue weighted by molar-refractivity contribution is -0.139. The van der Waals surface area contributed by atoms with Crippen molar-refractivity contribution in [3.8, 4) is 0 Å². The van der Waals surface area contributed by atoms with E-state index in [2.05, 4.69) is 0 Å². The molecule has 0 saturated carbocycles. The molecule has 0 aliphatic carbocycles. The van der Waals surface area contributed by atoms with Crippen LogP contribution in [-0.4, -0.2) is 12.1 Å². The number of cyclic esters (lactones) is 1. The van der Waals surface area contributed by atoms with Crippen molar-refractivity contribution in [3.05, 3.63) is 11.6 Å². The van der Waals surface area contributed by atoms with E-state index in [9.17, 15) is 4.79 Å². The van der Waals surface area contributed by atoms with Crippen LogP contribution in [0.2, 0.25) is 0 Å². The van der Waals surface area contributed by atoms with Gasteiger partial charge in [0.05, 0.1) is 0 Å². The van der Waals surface area contributed by atoms with E-state index in [1.54, 1.807) is 6.92 Å². The van der Waals surface area contributed by atoms with Crippen molar-refractivity contribution in [2.45, 2.75) is 26.4 Å². The summed E-state index contributed by atoms with van der Waals surface area (Å²) in [4.78, 5) is 10.7. The smallest absolute Gasteiger partial charge is 0.334 e. The first kappa shape index (κ1) is 6.33. The molecule has 1 aliphatic heterocycles. The molecule has 0 aromatic carbocycles. The molecule has 2 heteroatoms. The van der Waals surface area contributed by atoms with Gasteiger partial charge in [-0.15, -0.1) is 0 Å². The van der Waals surface area contributed by atoms with E-state index in [0.29, 0.717) is 0 Å². The molecule has 0 N–H and O–H groups in total. The minimum atomic E-state index is -0.165. The van der Waals surface area contributed by atoms with E-state index >= 15 is 0 Å². The largest absolute Gasteiger partial charge is 0.455 e. The molecule has 0 aromatic rings. The van der Waals surface area contributed by atoms with Gasteiger partial charge in [-0.2, -0.15) is 0 Å². The first-order chi connectivity index (χ1) is 4.24. The maximum Gasteiger partial charge on any atom is 0.334 e. The SMILES string of the molecule is CC[C@@H]1C=C(C)C(=O)O1. The lowest BCUT2D eigenvalue weighted by atomic mass is 10.2. The molecule has 1 aliphatic rings. The van der Waals surface area contributed by atoms with Crippen LogP contribution in [0, 0.1) is 0 Å². The van der Waals surface area contributed by atoms with Crippen LogP contribution in [0.15, 0.2) is 11.6 Å². The minimum absolute atomic E-state index is 0.0394. The van der Waals surface area contributed by atoms with Crippen molar-refractivity contribution in [1.82, 2.24) is 0 Å². The highest BCUT2D eigenvalue weighted by atomic mass is 16.5. The summed E-state index contributed by atoms with van der Waals surface area (Å²) in [5.41, 5.74) is 0.738. The Balaban J connectivity index is 2.62. The highest BCUT2D eigenvalue weighted by Gasteiger charge is 2.19. The van der Waals surface area contributed by atoms with Crippen molar-refractivity contribution in [2.24, 2.45) is 0 Å². The van der Waals surface area contributed by atoms with Gasteiger partial charge in [-0.25, -0.2) is 4.79 Å². The fraction of sp³-hybridized carbons (Fsp3) is 0.571. The molecule has 0 bridgehead atoms. The first-order valence-electron chi connectivity index (χ1n) is 3.13. The molecular weight excluding hydrogens is 116 g/mol. The molecule has 9 heavy (non-hydrogen) atoms. The number of rotatable bonds is 1. The Hall–Kier alpha value is -0.790. The maximum absolute atomic E-state index is 10.7. The van der Waals surface area contributed by atoms with Crippen LogP contribution >= 0.6 is 0 Å². The number of hydrogen-bond acceptors (Lipinski definition) is 2. The van der Waals surface area contributed by atoms with Crippen molar-refractivity contribution >= 4 is 5.97 Å². The van der Waals surface area contributed by atoms with E-state index in [1.165, 1.54) is 0 Å². The molecule has 1 rings (SSSR count). The van der Waals surface area contributed by atoms with Crippen LogP contribution in [0.25, 0.3) is 0 Å². The van der Waals surface area contributed by atoms with Gasteiger partial charge in [0, 0.05) is 5.57 Å². The Bertz CT molecular complexity index is 158. The van der Waals surface area contributed by atoms with Gasteiger partial charge < -0.3 is 4.74 Å². The summed E-state index contributed by atoms with van der Waals surface area (Å²) in [5.74, 6) is -0.165. The van der Waals surface area contributed by atoms with Crippen molar-refractivity contribution in [1.29, 1.82) is 0 Å². The van der Waals surface area contributed by atoms with Gasteiger partial charge in [0.25, 0.3) is 0 Å². The van der Waals surface area contributed by atoms with Crippen LogP contribution in [0.5, 0.6) is 0 Å². The number of hydrogen-bond donors (Lipinski definition) is 0. The van der Waals surface area contributed by atoms with Crippen molar-refractivity contribution < 1.29 is 9.53 Å². The van der Waals surface area contributed by atoms with Gasteiger partial charge in [-0.3, -0.25) is 0 Å². The first-order valence-corrected chi connectivity index (χ1v) is 3.13. The van der Waals surface area contributed by atoms with Crippen LogP contribution in [0.1, 0.15) is 20.3 Å². The van der Waals surface area contributed by atoms with Gasteiger partial charge in [0.15, 0.2) is 0 Å². The third-order valence-corrected chi connectivity index (χ3v) is 1.42. The second kappa shape index (κ2) is 2.21. The van der Waals surface area contributed by atoms with Gasteiger partial charge in [-0.1, -0.05) is 6.92 Å². The van der Waals surface area contributed by atoms with E-state index in [4.69, 9.17) is 4.74 Å². The van der Waals surface area contributed by atoms with Gasteiger partial charge >= 0.3 is 5.97 Å². The zero-order valence-electron chi connectivity index (χ0n) is 5.68. The van der Waals surface area contributed by atoms with E-state index < -0.39 is 0 Å². The minimum Gasteiger partial charge on any atom is -0.455 e. The lowest BCUT2D eigenvalue weighted by Gasteiger charge is -2.01. The molecule has 50 valence electrons. The third kappa shape index (κ3) is 1.12. The Morgan fingerprint density at radius 3 is 2.67 bits per heavy atom. The predicted molar refractivity (Wildman–Crippen MR) is 33.9 cm³/mol. The average Bonchev–Trinajstić information content (AvgIpc) is 2.13. The normalized spacial score (nSPS) is 25.8. The molecule has 0 saturated heterocycles. The molecule has 0 radical (unpaired) electrons. The monoisotopic (exact) mass is 126 g/mol. The summed E-state index contributed by atoms with van der Waals surface area (Å²) in [7, 11) is 0. The highest BCUT2D eigenvalue weighted by molar-refractivity contribution is 5.90. The van der Waals surface area contributed by atoms with Crippen molar-refractivity contribution in [3.63, 3.8) is 0 Å². The Kier molecular flexibility index (Phi) is 1.56. The standard InChI is InChI=1S/C7H10O2/c1-3-6-4-5(2)7(8)9-6/h4,6H,3H2,1-2H3/t6-/m1/s1. The second-order valence-electron chi connectivity index (χ2n) is 2.20. The van der Waals surface area contributed by atoms with E-state index in [-0.39, 0.29) is 12.1 Å². The zero-order chi connectivity index (χ0) is 6.85. The van der Waals surface area contributed by atoms with Crippen LogP contribution in [0.3, 0.4) is 0 Å². The Labute approximate surface area is 54.5 Å². The maximum atomic E-state index is 10.7. The Morgan fingerprint density at radius 1 is 1.78 bits per heavy atom. The lowest BCUT2D eigenvalue weighted by Crippen LogP contribution is -2.05. The van der Waals surface area contributed by atoms with Gasteiger partial charge in [-0.05, 0) is 19.4 Å². The number of ether oxygens (including phenoxy) is 1. The molecule has 0 aromatic heterocycles. The molecule has 0 spiro atoms. The molecule has 2 nitrogen and oxygen atoms in total. The third-order valence-electron chi connectivity index (χ3n) is 1.42. The van der Waals surface area contributed by atoms with E-state index in [0.717, 1.165) is 12.0 Å². The molecule has 0 unspecified atom stereocenters. The zero-order valence-corrected chi connectivity index (χ0v) is 5.68. The summed E-state index contributed by atoms with van der Waals surface area (Å²) in [6, 6.07) is 0. The molecule has 0 fully saturated rings. The highest BCUT2D eigenvalue weighted by Crippen LogP contribution is 2.14. The second-order valence-corrected chi connectivity index (χ2v) is 2.20. The Morgan fingerprint density at radius 2 is 2.44 bits per heavy atom.